The minimum Gasteiger partial charge on any atom is -0.502 e. The minimum atomic E-state index is -1.90. The maximum absolute atomic E-state index is 12.1. The van der Waals surface area contributed by atoms with Crippen molar-refractivity contribution in [3.63, 3.8) is 0 Å². The molecule has 0 amide bonds. The first-order valence-corrected chi connectivity index (χ1v) is 10.6. The molecule has 0 bridgehead atoms. The zero-order valence-corrected chi connectivity index (χ0v) is 19.5. The predicted molar refractivity (Wildman–Crippen MR) is 118 cm³/mol. The Kier molecular flexibility index (Phi) is 10.2. The molecule has 0 radical (unpaired) electrons. The number of esters is 1. The molecule has 1 aromatic carbocycles. The molecule has 0 unspecified atom stereocenters. The average molecular weight is 504 g/mol. The van der Waals surface area contributed by atoms with Crippen LogP contribution in [-0.4, -0.2) is 118 Å². The van der Waals surface area contributed by atoms with Crippen molar-refractivity contribution in [2.45, 2.75) is 49.3 Å². The van der Waals surface area contributed by atoms with E-state index in [2.05, 4.69) is 0 Å². The van der Waals surface area contributed by atoms with Gasteiger partial charge in [0.15, 0.2) is 17.8 Å². The van der Waals surface area contributed by atoms with Crippen molar-refractivity contribution in [2.75, 3.05) is 34.0 Å². The Morgan fingerprint density at radius 1 is 1.14 bits per heavy atom. The standard InChI is InChI=1S/C22H32O13/c1-22(30,15(24)8-23)10-34-21-20(29)19(28)18(27)14(35-21)9-33-16(25)5-4-11-6-12(31-2)17(26)13(7-11)32-3/h4-7,14-15,18-21,23-24,26-30H,8-10H2,1-3H3/t14-,15+,18-,19+,20-,21-,22-/m1/s1. The second-order valence-electron chi connectivity index (χ2n) is 8.12. The van der Waals surface area contributed by atoms with Gasteiger partial charge >= 0.3 is 5.97 Å². The topological polar surface area (TPSA) is 205 Å². The van der Waals surface area contributed by atoms with Crippen LogP contribution in [0.15, 0.2) is 18.2 Å². The van der Waals surface area contributed by atoms with E-state index >= 15 is 0 Å². The van der Waals surface area contributed by atoms with Crippen LogP contribution < -0.4 is 9.47 Å². The highest BCUT2D eigenvalue weighted by molar-refractivity contribution is 5.87. The Labute approximate surface area is 201 Å². The van der Waals surface area contributed by atoms with Crippen LogP contribution in [-0.2, 0) is 19.0 Å². The quantitative estimate of drug-likeness (QED) is 0.127. The van der Waals surface area contributed by atoms with Crippen LogP contribution in [0.3, 0.4) is 0 Å². The highest BCUT2D eigenvalue weighted by Gasteiger charge is 2.45. The third kappa shape index (κ3) is 7.25. The third-order valence-electron chi connectivity index (χ3n) is 5.40. The van der Waals surface area contributed by atoms with Crippen LogP contribution in [0.2, 0.25) is 0 Å². The smallest absolute Gasteiger partial charge is 0.330 e. The summed E-state index contributed by atoms with van der Waals surface area (Å²) in [6.07, 6.45) is -7.01. The van der Waals surface area contributed by atoms with E-state index in [0.29, 0.717) is 5.56 Å². The van der Waals surface area contributed by atoms with E-state index in [-0.39, 0.29) is 17.2 Å². The van der Waals surface area contributed by atoms with Gasteiger partial charge in [0.25, 0.3) is 0 Å². The number of ether oxygens (including phenoxy) is 5. The van der Waals surface area contributed by atoms with Crippen LogP contribution in [0.1, 0.15) is 12.5 Å². The molecule has 1 aromatic rings. The Morgan fingerprint density at radius 3 is 2.29 bits per heavy atom. The number of phenols is 1. The fraction of sp³-hybridized carbons (Fsp3) is 0.591. The first-order valence-electron chi connectivity index (χ1n) is 10.6. The summed E-state index contributed by atoms with van der Waals surface area (Å²) in [5.74, 6) is -0.790. The molecule has 7 atom stereocenters. The summed E-state index contributed by atoms with van der Waals surface area (Å²) in [6, 6.07) is 2.91. The third-order valence-corrected chi connectivity index (χ3v) is 5.40. The lowest BCUT2D eigenvalue weighted by Gasteiger charge is -2.41. The number of hydrogen-bond acceptors (Lipinski definition) is 13. The largest absolute Gasteiger partial charge is 0.502 e. The molecule has 0 spiro atoms. The number of rotatable bonds is 11. The van der Waals surface area contributed by atoms with Crippen LogP contribution in [0.5, 0.6) is 17.2 Å². The van der Waals surface area contributed by atoms with Gasteiger partial charge in [0.1, 0.15) is 42.7 Å². The van der Waals surface area contributed by atoms with Crippen LogP contribution >= 0.6 is 0 Å². The molecule has 1 aliphatic rings. The van der Waals surface area contributed by atoms with Gasteiger partial charge < -0.3 is 59.4 Å². The van der Waals surface area contributed by atoms with Crippen LogP contribution in [0, 0.1) is 0 Å². The van der Waals surface area contributed by atoms with Crippen molar-refractivity contribution in [1.29, 1.82) is 0 Å². The summed E-state index contributed by atoms with van der Waals surface area (Å²) < 4.78 is 25.7. The van der Waals surface area contributed by atoms with Crippen LogP contribution in [0.25, 0.3) is 6.08 Å². The van der Waals surface area contributed by atoms with Crippen molar-refractivity contribution in [2.24, 2.45) is 0 Å². The first-order chi connectivity index (χ1) is 16.4. The summed E-state index contributed by atoms with van der Waals surface area (Å²) >= 11 is 0. The molecule has 13 nitrogen and oxygen atoms in total. The summed E-state index contributed by atoms with van der Waals surface area (Å²) in [4.78, 5) is 12.1. The molecule has 198 valence electrons. The summed E-state index contributed by atoms with van der Waals surface area (Å²) in [7, 11) is 2.70. The predicted octanol–water partition coefficient (Wildman–Crippen LogP) is -2.11. The average Bonchev–Trinajstić information content (AvgIpc) is 2.84. The number of carbonyl (C=O) groups is 1. The fourth-order valence-electron chi connectivity index (χ4n) is 3.12. The number of aromatic hydroxyl groups is 1. The fourth-order valence-corrected chi connectivity index (χ4v) is 3.12. The van der Waals surface area contributed by atoms with Crippen LogP contribution in [0.4, 0.5) is 0 Å². The Morgan fingerprint density at radius 2 is 1.74 bits per heavy atom. The number of hydrogen-bond donors (Lipinski definition) is 7. The lowest BCUT2D eigenvalue weighted by molar-refractivity contribution is -0.311. The van der Waals surface area contributed by atoms with Gasteiger partial charge in [-0.15, -0.1) is 0 Å². The molecule has 2 rings (SSSR count). The van der Waals surface area contributed by atoms with Gasteiger partial charge in [-0.3, -0.25) is 0 Å². The summed E-state index contributed by atoms with van der Waals surface area (Å²) in [5, 5.41) is 69.0. The zero-order valence-electron chi connectivity index (χ0n) is 19.5. The van der Waals surface area contributed by atoms with Crippen molar-refractivity contribution in [3.05, 3.63) is 23.8 Å². The minimum absolute atomic E-state index is 0.125. The zero-order chi connectivity index (χ0) is 26.3. The van der Waals surface area contributed by atoms with E-state index in [9.17, 15) is 35.4 Å². The molecule has 13 heteroatoms. The number of benzene rings is 1. The summed E-state index contributed by atoms with van der Waals surface area (Å²) in [5.41, 5.74) is -1.45. The van der Waals surface area contributed by atoms with Gasteiger partial charge in [0.05, 0.1) is 27.4 Å². The number of aliphatic hydroxyl groups is 6. The van der Waals surface area contributed by atoms with Crippen molar-refractivity contribution in [1.82, 2.24) is 0 Å². The van der Waals surface area contributed by atoms with Gasteiger partial charge in [-0.05, 0) is 30.7 Å². The number of carbonyl (C=O) groups excluding carboxylic acids is 1. The molecular weight excluding hydrogens is 472 g/mol. The SMILES string of the molecule is COc1cc(C=CC(=O)OC[C@H]2O[C@@H](OC[C@@](C)(O)[C@@H](O)CO)[C@H](O)[C@@H](O)[C@@H]2O)cc(OC)c1O. The molecule has 1 fully saturated rings. The number of aliphatic hydroxyl groups excluding tert-OH is 5. The van der Waals surface area contributed by atoms with Gasteiger partial charge in [-0.1, -0.05) is 0 Å². The lowest BCUT2D eigenvalue weighted by atomic mass is 9.98. The maximum atomic E-state index is 12.1. The molecule has 0 saturated carbocycles. The molecule has 1 saturated heterocycles. The van der Waals surface area contributed by atoms with E-state index in [1.165, 1.54) is 39.4 Å². The second kappa shape index (κ2) is 12.5. The van der Waals surface area contributed by atoms with E-state index < -0.39 is 68.2 Å². The summed E-state index contributed by atoms with van der Waals surface area (Å²) in [6.45, 7) is -0.680. The lowest BCUT2D eigenvalue weighted by Crippen LogP contribution is -2.60. The normalized spacial score (nSPS) is 27.3. The maximum Gasteiger partial charge on any atom is 0.330 e. The number of phenolic OH excluding ortho intramolecular Hbond substituents is 1. The molecular formula is C22H32O13. The van der Waals surface area contributed by atoms with Crippen molar-refractivity contribution >= 4 is 12.0 Å². The molecule has 1 aliphatic heterocycles. The van der Waals surface area contributed by atoms with E-state index in [4.69, 9.17) is 28.8 Å². The molecule has 0 aliphatic carbocycles. The molecule has 0 aromatic heterocycles. The van der Waals surface area contributed by atoms with Gasteiger partial charge in [-0.25, -0.2) is 4.79 Å². The van der Waals surface area contributed by atoms with Crippen molar-refractivity contribution in [3.8, 4) is 17.2 Å². The Bertz CT molecular complexity index is 846. The number of methoxy groups -OCH3 is 2. The Balaban J connectivity index is 1.99. The molecule has 35 heavy (non-hydrogen) atoms. The van der Waals surface area contributed by atoms with E-state index in [1.54, 1.807) is 0 Å². The van der Waals surface area contributed by atoms with Gasteiger partial charge in [-0.2, -0.15) is 0 Å². The van der Waals surface area contributed by atoms with E-state index in [1.807, 2.05) is 0 Å². The van der Waals surface area contributed by atoms with Gasteiger partial charge in [0.2, 0.25) is 5.75 Å². The molecule has 7 N–H and O–H groups in total. The first kappa shape index (κ1) is 28.7. The molecule has 1 heterocycles. The highest BCUT2D eigenvalue weighted by Crippen LogP contribution is 2.37. The Hall–Kier alpha value is -2.49. The van der Waals surface area contributed by atoms with Gasteiger partial charge in [0, 0.05) is 6.08 Å². The monoisotopic (exact) mass is 504 g/mol. The van der Waals surface area contributed by atoms with E-state index in [0.717, 1.165) is 6.08 Å². The van der Waals surface area contributed by atoms with Crippen molar-refractivity contribution < 1.29 is 64.2 Å². The highest BCUT2D eigenvalue weighted by atomic mass is 16.7. The second-order valence-corrected chi connectivity index (χ2v) is 8.12.